The number of ether oxygens (including phenoxy) is 4. The molecule has 16 heteroatoms. The SMILES string of the molecule is CC1(C)[C@@H](O[C@H]2OC(C(=O)O)[C@@H](O)C(O)C2O[C@@H]2OC(C(=O)O)[C@@H](O)C(O)C2O)CC[C@]2(C)[C@H]3C(=O)C=C4[C@@H]5C[C@@](C)(C(=O)O)CC[C@]5(C)CC[C@@]4(C)[C@]3(C)CC[C@@H]12. The second-order valence-corrected chi connectivity index (χ2v) is 20.6. The van der Waals surface area contributed by atoms with E-state index in [-0.39, 0.29) is 34.4 Å². The average molecular weight is 823 g/mol. The molecule has 58 heavy (non-hydrogen) atoms. The Kier molecular flexibility index (Phi) is 10.7. The molecule has 0 aromatic carbocycles. The Bertz CT molecular complexity index is 1730. The Balaban J connectivity index is 1.17. The van der Waals surface area contributed by atoms with E-state index in [0.717, 1.165) is 37.7 Å². The molecule has 7 rings (SSSR count). The van der Waals surface area contributed by atoms with Gasteiger partial charge in [0.2, 0.25) is 0 Å². The number of carbonyl (C=O) groups excluding carboxylic acids is 1. The van der Waals surface area contributed by atoms with Crippen molar-refractivity contribution in [2.24, 2.45) is 50.2 Å². The molecule has 2 heterocycles. The molecule has 6 fully saturated rings. The zero-order valence-corrected chi connectivity index (χ0v) is 34.4. The van der Waals surface area contributed by atoms with Crippen molar-refractivity contribution < 1.29 is 79.0 Å². The Labute approximate surface area is 337 Å². The summed E-state index contributed by atoms with van der Waals surface area (Å²) in [6.45, 7) is 14.8. The highest BCUT2D eigenvalue weighted by atomic mass is 16.8. The summed E-state index contributed by atoms with van der Waals surface area (Å²) in [5.74, 6) is -4.47. The molecule has 19 atom stereocenters. The van der Waals surface area contributed by atoms with E-state index in [0.29, 0.717) is 25.7 Å². The largest absolute Gasteiger partial charge is 0.481 e. The van der Waals surface area contributed by atoms with Gasteiger partial charge >= 0.3 is 17.9 Å². The number of ketones is 1. The normalized spacial score (nSPS) is 52.6. The van der Waals surface area contributed by atoms with Crippen molar-refractivity contribution in [3.8, 4) is 0 Å². The van der Waals surface area contributed by atoms with Crippen molar-refractivity contribution >= 4 is 23.7 Å². The summed E-state index contributed by atoms with van der Waals surface area (Å²) in [7, 11) is 0. The maximum atomic E-state index is 14.8. The lowest BCUT2D eigenvalue weighted by molar-refractivity contribution is -0.371. The Morgan fingerprint density at radius 3 is 1.88 bits per heavy atom. The second kappa shape index (κ2) is 14.3. The van der Waals surface area contributed by atoms with Gasteiger partial charge in [0.15, 0.2) is 30.6 Å². The fourth-order valence-electron chi connectivity index (χ4n) is 13.4. The minimum Gasteiger partial charge on any atom is -0.481 e. The van der Waals surface area contributed by atoms with Gasteiger partial charge in [0, 0.05) is 5.92 Å². The lowest BCUT2D eigenvalue weighted by Crippen LogP contribution is -2.68. The van der Waals surface area contributed by atoms with Gasteiger partial charge in [-0.3, -0.25) is 9.59 Å². The minimum atomic E-state index is -2.05. The van der Waals surface area contributed by atoms with Crippen LogP contribution in [0.4, 0.5) is 0 Å². The molecular weight excluding hydrogens is 760 g/mol. The molecule has 2 aliphatic heterocycles. The quantitative estimate of drug-likeness (QED) is 0.171. The number of fused-ring (bicyclic) bond motifs is 7. The molecular formula is C42H62O16. The van der Waals surface area contributed by atoms with E-state index in [1.54, 1.807) is 0 Å². The van der Waals surface area contributed by atoms with Crippen LogP contribution in [0, 0.1) is 50.2 Å². The van der Waals surface area contributed by atoms with Crippen LogP contribution in [0.2, 0.25) is 0 Å². The average Bonchev–Trinajstić information content (AvgIpc) is 3.13. The Hall–Kier alpha value is -2.54. The zero-order valence-electron chi connectivity index (χ0n) is 34.4. The third-order valence-corrected chi connectivity index (χ3v) is 17.2. The summed E-state index contributed by atoms with van der Waals surface area (Å²) in [6.07, 6.45) is -12.2. The molecule has 0 radical (unpaired) electrons. The first-order valence-electron chi connectivity index (χ1n) is 20.7. The number of rotatable bonds is 7. The number of carboxylic acids is 3. The number of aliphatic carboxylic acids is 3. The summed E-state index contributed by atoms with van der Waals surface area (Å²) >= 11 is 0. The number of carbonyl (C=O) groups is 4. The van der Waals surface area contributed by atoms with Gasteiger partial charge in [0.25, 0.3) is 0 Å². The van der Waals surface area contributed by atoms with E-state index in [1.807, 2.05) is 26.8 Å². The lowest BCUT2D eigenvalue weighted by atomic mass is 9.33. The molecule has 0 aromatic heterocycles. The van der Waals surface area contributed by atoms with Gasteiger partial charge in [-0.25, -0.2) is 9.59 Å². The Morgan fingerprint density at radius 1 is 0.690 bits per heavy atom. The van der Waals surface area contributed by atoms with Crippen molar-refractivity contribution in [3.05, 3.63) is 11.6 Å². The number of hydrogen-bond acceptors (Lipinski definition) is 13. The van der Waals surface area contributed by atoms with Gasteiger partial charge in [-0.1, -0.05) is 47.1 Å². The van der Waals surface area contributed by atoms with E-state index in [1.165, 1.54) is 0 Å². The highest BCUT2D eigenvalue weighted by molar-refractivity contribution is 5.95. The van der Waals surface area contributed by atoms with Crippen LogP contribution in [0.25, 0.3) is 0 Å². The van der Waals surface area contributed by atoms with Crippen LogP contribution in [0.5, 0.6) is 0 Å². The predicted octanol–water partition coefficient (Wildman–Crippen LogP) is 2.25. The third-order valence-electron chi connectivity index (χ3n) is 17.2. The molecule has 0 spiro atoms. The van der Waals surface area contributed by atoms with Crippen LogP contribution < -0.4 is 0 Å². The van der Waals surface area contributed by atoms with Crippen LogP contribution >= 0.6 is 0 Å². The van der Waals surface area contributed by atoms with Crippen molar-refractivity contribution in [1.82, 2.24) is 0 Å². The maximum absolute atomic E-state index is 14.8. The van der Waals surface area contributed by atoms with Gasteiger partial charge < -0.3 is 59.8 Å². The molecule has 5 aliphatic carbocycles. The van der Waals surface area contributed by atoms with E-state index < -0.39 is 107 Å². The third kappa shape index (κ3) is 6.25. The standard InChI is InChI=1S/C42H62O16/c1-37(2)21-8-11-42(7)31(20(43)16-18-19-17-39(4,36(53)54)13-12-38(19,3)14-15-41(18,42)6)40(21,5)10-9-22(37)55-35-30(26(47)25(46)29(57-35)33(51)52)58-34-27(48)23(44)24(45)28(56-34)32(49)50/h16,19,21-31,34-35,44-48H,8-15,17H2,1-7H3,(H,49,50)(H,51,52)(H,53,54)/t19-,21-,22-,23?,24-,25-,26?,27?,28?,29?,30?,31+,34-,35-,38+,39-,40-,41+,42+/m0/s1. The van der Waals surface area contributed by atoms with Crippen LogP contribution in [0.15, 0.2) is 11.6 Å². The molecule has 7 aliphatic rings. The number of aliphatic hydroxyl groups excluding tert-OH is 5. The Morgan fingerprint density at radius 2 is 1.28 bits per heavy atom. The molecule has 326 valence electrons. The molecule has 8 N–H and O–H groups in total. The highest BCUT2D eigenvalue weighted by Gasteiger charge is 2.71. The minimum absolute atomic E-state index is 0.0217. The molecule has 0 aromatic rings. The van der Waals surface area contributed by atoms with Crippen LogP contribution in [0.1, 0.15) is 106 Å². The maximum Gasteiger partial charge on any atom is 0.335 e. The first-order chi connectivity index (χ1) is 26.8. The topological polar surface area (TPSA) is 267 Å². The van der Waals surface area contributed by atoms with E-state index in [9.17, 15) is 60.0 Å². The van der Waals surface area contributed by atoms with Crippen LogP contribution in [-0.4, -0.2) is 132 Å². The molecule has 16 nitrogen and oxygen atoms in total. The summed E-state index contributed by atoms with van der Waals surface area (Å²) in [5, 5.41) is 83.0. The summed E-state index contributed by atoms with van der Waals surface area (Å²) < 4.78 is 23.4. The van der Waals surface area contributed by atoms with E-state index in [4.69, 9.17) is 18.9 Å². The van der Waals surface area contributed by atoms with Gasteiger partial charge in [-0.2, -0.15) is 0 Å². The van der Waals surface area contributed by atoms with Crippen molar-refractivity contribution in [2.75, 3.05) is 0 Å². The van der Waals surface area contributed by atoms with Gasteiger partial charge in [-0.15, -0.1) is 0 Å². The summed E-state index contributed by atoms with van der Waals surface area (Å²) in [5.41, 5.74) is -1.81. The van der Waals surface area contributed by atoms with Crippen molar-refractivity contribution in [1.29, 1.82) is 0 Å². The lowest BCUT2D eigenvalue weighted by Gasteiger charge is -2.70. The molecule has 6 unspecified atom stereocenters. The van der Waals surface area contributed by atoms with Crippen molar-refractivity contribution in [2.45, 2.75) is 174 Å². The van der Waals surface area contributed by atoms with Gasteiger partial charge in [0.05, 0.1) is 11.5 Å². The molecule has 0 bridgehead atoms. The molecule has 0 amide bonds. The van der Waals surface area contributed by atoms with E-state index in [2.05, 4.69) is 27.7 Å². The van der Waals surface area contributed by atoms with Gasteiger partial charge in [-0.05, 0) is 110 Å². The first-order valence-corrected chi connectivity index (χ1v) is 20.7. The smallest absolute Gasteiger partial charge is 0.335 e. The number of carboxylic acid groups (broad SMARTS) is 3. The van der Waals surface area contributed by atoms with Gasteiger partial charge in [0.1, 0.15) is 36.6 Å². The number of hydrogen-bond donors (Lipinski definition) is 8. The van der Waals surface area contributed by atoms with Crippen LogP contribution in [-0.2, 0) is 38.1 Å². The summed E-state index contributed by atoms with van der Waals surface area (Å²) in [4.78, 5) is 51.3. The second-order valence-electron chi connectivity index (χ2n) is 20.6. The fraction of sp³-hybridized carbons (Fsp3) is 0.857. The first kappa shape index (κ1) is 43.5. The summed E-state index contributed by atoms with van der Waals surface area (Å²) in [6, 6.07) is 0. The van der Waals surface area contributed by atoms with Crippen LogP contribution in [0.3, 0.4) is 0 Å². The molecule has 4 saturated carbocycles. The number of allylic oxidation sites excluding steroid dienone is 2. The molecule has 2 saturated heterocycles. The predicted molar refractivity (Wildman–Crippen MR) is 199 cm³/mol. The monoisotopic (exact) mass is 822 g/mol. The van der Waals surface area contributed by atoms with Crippen molar-refractivity contribution in [3.63, 3.8) is 0 Å². The number of aliphatic hydroxyl groups is 5. The fourth-order valence-corrected chi connectivity index (χ4v) is 13.4. The zero-order chi connectivity index (χ0) is 42.9. The highest BCUT2D eigenvalue weighted by Crippen LogP contribution is 2.75. The van der Waals surface area contributed by atoms with E-state index >= 15 is 0 Å².